The molecule has 1 aliphatic carbocycles. The number of ketones is 2. The molecule has 0 saturated carbocycles. The van der Waals surface area contributed by atoms with Crippen LogP contribution in [0, 0.1) is 13.8 Å². The van der Waals surface area contributed by atoms with Gasteiger partial charge in [-0.05, 0) is 37.1 Å². The zero-order chi connectivity index (χ0) is 15.9. The van der Waals surface area contributed by atoms with E-state index in [0.717, 1.165) is 16.7 Å². The third-order valence-corrected chi connectivity index (χ3v) is 3.94. The zero-order valence-corrected chi connectivity index (χ0v) is 12.8. The largest absolute Gasteiger partial charge is 0.496 e. The monoisotopic (exact) mass is 292 g/mol. The molecule has 2 aromatic carbocycles. The fourth-order valence-electron chi connectivity index (χ4n) is 2.78. The fraction of sp³-hybridized carbons (Fsp3) is 0.158. The van der Waals surface area contributed by atoms with Crippen LogP contribution in [-0.4, -0.2) is 18.7 Å². The van der Waals surface area contributed by atoms with Gasteiger partial charge in [0.2, 0.25) is 0 Å². The topological polar surface area (TPSA) is 43.4 Å². The second-order valence-electron chi connectivity index (χ2n) is 5.45. The average molecular weight is 292 g/mol. The summed E-state index contributed by atoms with van der Waals surface area (Å²) in [6.07, 6.45) is 1.44. The normalized spacial score (nSPS) is 13.7. The van der Waals surface area contributed by atoms with Gasteiger partial charge in [0, 0.05) is 11.1 Å². The summed E-state index contributed by atoms with van der Waals surface area (Å²) in [4.78, 5) is 25.3. The van der Waals surface area contributed by atoms with Gasteiger partial charge in [-0.3, -0.25) is 9.59 Å². The van der Waals surface area contributed by atoms with Gasteiger partial charge in [0.15, 0.2) is 11.6 Å². The predicted octanol–water partition coefficient (Wildman–Crippen LogP) is 3.77. The van der Waals surface area contributed by atoms with Gasteiger partial charge in [-0.25, -0.2) is 0 Å². The number of Topliss-reactive ketones (excluding diaryl/α,β-unsaturated/α-hetero) is 1. The van der Waals surface area contributed by atoms with Crippen molar-refractivity contribution in [2.75, 3.05) is 7.11 Å². The molecule has 3 heteroatoms. The van der Waals surface area contributed by atoms with Gasteiger partial charge in [0.05, 0.1) is 12.7 Å². The fourth-order valence-corrected chi connectivity index (χ4v) is 2.78. The van der Waals surface area contributed by atoms with Crippen LogP contribution < -0.4 is 4.74 Å². The molecule has 0 heterocycles. The van der Waals surface area contributed by atoms with E-state index in [1.54, 1.807) is 18.2 Å². The highest BCUT2D eigenvalue weighted by Gasteiger charge is 2.30. The summed E-state index contributed by atoms with van der Waals surface area (Å²) in [7, 11) is 1.50. The Labute approximate surface area is 129 Å². The van der Waals surface area contributed by atoms with Crippen molar-refractivity contribution < 1.29 is 14.3 Å². The molecule has 0 amide bonds. The first-order valence-corrected chi connectivity index (χ1v) is 7.08. The number of carbonyl (C=O) groups is 2. The molecule has 0 N–H and O–H groups in total. The van der Waals surface area contributed by atoms with E-state index in [1.165, 1.54) is 13.2 Å². The molecule has 0 bridgehead atoms. The van der Waals surface area contributed by atoms with Gasteiger partial charge in [-0.15, -0.1) is 0 Å². The van der Waals surface area contributed by atoms with Crippen molar-refractivity contribution in [3.8, 4) is 5.75 Å². The standard InChI is InChI=1S/C19H16O3/c1-11-7-8-12(2)14(9-11)15-10-16(20)13-5-4-6-17(22-3)18(13)19(15)21/h4-10H,1-3H3. The highest BCUT2D eigenvalue weighted by Crippen LogP contribution is 2.34. The summed E-state index contributed by atoms with van der Waals surface area (Å²) in [6, 6.07) is 11.0. The maximum Gasteiger partial charge on any atom is 0.198 e. The molecule has 0 fully saturated rings. The van der Waals surface area contributed by atoms with E-state index in [4.69, 9.17) is 4.74 Å². The van der Waals surface area contributed by atoms with Crippen LogP contribution in [-0.2, 0) is 0 Å². The minimum atomic E-state index is -0.166. The van der Waals surface area contributed by atoms with E-state index in [-0.39, 0.29) is 11.6 Å². The summed E-state index contributed by atoms with van der Waals surface area (Å²) >= 11 is 0. The number of hydrogen-bond acceptors (Lipinski definition) is 3. The summed E-state index contributed by atoms with van der Waals surface area (Å²) in [5.41, 5.74) is 4.01. The van der Waals surface area contributed by atoms with Gasteiger partial charge in [0.1, 0.15) is 5.75 Å². The van der Waals surface area contributed by atoms with Crippen LogP contribution in [0.15, 0.2) is 42.5 Å². The van der Waals surface area contributed by atoms with E-state index in [1.807, 2.05) is 32.0 Å². The third kappa shape index (κ3) is 2.15. The van der Waals surface area contributed by atoms with Crippen LogP contribution in [0.1, 0.15) is 37.4 Å². The van der Waals surface area contributed by atoms with Crippen LogP contribution in [0.4, 0.5) is 0 Å². The van der Waals surface area contributed by atoms with Crippen molar-refractivity contribution in [1.29, 1.82) is 0 Å². The Morgan fingerprint density at radius 2 is 1.73 bits per heavy atom. The lowest BCUT2D eigenvalue weighted by atomic mass is 9.84. The predicted molar refractivity (Wildman–Crippen MR) is 85.5 cm³/mol. The molecule has 1 aliphatic rings. The third-order valence-electron chi connectivity index (χ3n) is 3.94. The number of rotatable bonds is 2. The Morgan fingerprint density at radius 1 is 0.955 bits per heavy atom. The highest BCUT2D eigenvalue weighted by atomic mass is 16.5. The van der Waals surface area contributed by atoms with Crippen LogP contribution in [0.25, 0.3) is 5.57 Å². The quantitative estimate of drug-likeness (QED) is 0.846. The van der Waals surface area contributed by atoms with Crippen molar-refractivity contribution in [1.82, 2.24) is 0 Å². The SMILES string of the molecule is COc1cccc2c1C(=O)C(c1cc(C)ccc1C)=CC2=O. The first kappa shape index (κ1) is 14.3. The van der Waals surface area contributed by atoms with Crippen molar-refractivity contribution in [3.05, 3.63) is 70.3 Å². The number of carbonyl (C=O) groups excluding carboxylic acids is 2. The average Bonchev–Trinajstić information content (AvgIpc) is 2.52. The van der Waals surface area contributed by atoms with Crippen molar-refractivity contribution in [2.24, 2.45) is 0 Å². The summed E-state index contributed by atoms with van der Waals surface area (Å²) in [5, 5.41) is 0. The number of hydrogen-bond donors (Lipinski definition) is 0. The molecule has 3 rings (SSSR count). The van der Waals surface area contributed by atoms with Gasteiger partial charge < -0.3 is 4.74 Å². The molecule has 2 aromatic rings. The zero-order valence-electron chi connectivity index (χ0n) is 12.8. The number of aryl methyl sites for hydroxylation is 2. The van der Waals surface area contributed by atoms with Gasteiger partial charge in [-0.2, -0.15) is 0 Å². The number of allylic oxidation sites excluding steroid dienone is 2. The minimum Gasteiger partial charge on any atom is -0.496 e. The Kier molecular flexibility index (Phi) is 3.41. The number of benzene rings is 2. The molecular formula is C19H16O3. The van der Waals surface area contributed by atoms with E-state index < -0.39 is 0 Å². The van der Waals surface area contributed by atoms with Crippen molar-refractivity contribution >= 4 is 17.1 Å². The van der Waals surface area contributed by atoms with Crippen molar-refractivity contribution in [3.63, 3.8) is 0 Å². The number of methoxy groups -OCH3 is 1. The molecule has 0 saturated heterocycles. The van der Waals surface area contributed by atoms with Crippen LogP contribution in [0.2, 0.25) is 0 Å². The summed E-state index contributed by atoms with van der Waals surface area (Å²) in [6.45, 7) is 3.90. The molecule has 0 aromatic heterocycles. The summed E-state index contributed by atoms with van der Waals surface area (Å²) in [5.74, 6) is 0.108. The van der Waals surface area contributed by atoms with Gasteiger partial charge >= 0.3 is 0 Å². The number of fused-ring (bicyclic) bond motifs is 1. The Bertz CT molecular complexity index is 829. The second-order valence-corrected chi connectivity index (χ2v) is 5.45. The van der Waals surface area contributed by atoms with E-state index in [2.05, 4.69) is 0 Å². The van der Waals surface area contributed by atoms with E-state index in [9.17, 15) is 9.59 Å². The summed E-state index contributed by atoms with van der Waals surface area (Å²) < 4.78 is 5.27. The molecule has 3 nitrogen and oxygen atoms in total. The van der Waals surface area contributed by atoms with Crippen LogP contribution in [0.3, 0.4) is 0 Å². The number of ether oxygens (including phenoxy) is 1. The van der Waals surface area contributed by atoms with Gasteiger partial charge in [0.25, 0.3) is 0 Å². The van der Waals surface area contributed by atoms with Crippen LogP contribution >= 0.6 is 0 Å². The Hall–Kier alpha value is -2.68. The first-order valence-electron chi connectivity index (χ1n) is 7.08. The van der Waals surface area contributed by atoms with Crippen LogP contribution in [0.5, 0.6) is 5.75 Å². The lowest BCUT2D eigenvalue weighted by Gasteiger charge is -2.19. The van der Waals surface area contributed by atoms with E-state index >= 15 is 0 Å². The van der Waals surface area contributed by atoms with Crippen molar-refractivity contribution in [2.45, 2.75) is 13.8 Å². The van der Waals surface area contributed by atoms with E-state index in [0.29, 0.717) is 22.4 Å². The smallest absolute Gasteiger partial charge is 0.198 e. The lowest BCUT2D eigenvalue weighted by Crippen LogP contribution is -2.18. The molecular weight excluding hydrogens is 276 g/mol. The van der Waals surface area contributed by atoms with Gasteiger partial charge in [-0.1, -0.05) is 35.9 Å². The molecule has 0 atom stereocenters. The minimum absolute atomic E-state index is 0.163. The molecule has 0 radical (unpaired) electrons. The molecule has 22 heavy (non-hydrogen) atoms. The molecule has 0 unspecified atom stereocenters. The molecule has 0 spiro atoms. The Balaban J connectivity index is 2.22. The molecule has 0 aliphatic heterocycles. The first-order chi connectivity index (χ1) is 10.5. The maximum absolute atomic E-state index is 12.9. The lowest BCUT2D eigenvalue weighted by molar-refractivity contribution is 0.0999. The second kappa shape index (κ2) is 5.26. The highest BCUT2D eigenvalue weighted by molar-refractivity contribution is 6.39. The maximum atomic E-state index is 12.9. The Morgan fingerprint density at radius 3 is 2.45 bits per heavy atom. The molecule has 110 valence electrons.